The summed E-state index contributed by atoms with van der Waals surface area (Å²) in [6.45, 7) is 0. The van der Waals surface area contributed by atoms with Gasteiger partial charge in [-0.3, -0.25) is 15.2 Å². The molecule has 0 amide bonds. The van der Waals surface area contributed by atoms with E-state index in [9.17, 15) is 10.1 Å². The van der Waals surface area contributed by atoms with Crippen LogP contribution in [0.5, 0.6) is 0 Å². The van der Waals surface area contributed by atoms with Crippen molar-refractivity contribution in [3.05, 3.63) is 63.4 Å². The molecule has 0 radical (unpaired) electrons. The Hall–Kier alpha value is -3.07. The third-order valence-electron chi connectivity index (χ3n) is 2.81. The van der Waals surface area contributed by atoms with E-state index < -0.39 is 4.92 Å². The molecule has 8 nitrogen and oxygen atoms in total. The highest BCUT2D eigenvalue weighted by Crippen LogP contribution is 2.25. The molecule has 0 saturated carbocycles. The Bertz CT molecular complexity index is 908. The summed E-state index contributed by atoms with van der Waals surface area (Å²) in [6.07, 6.45) is 2.91. The van der Waals surface area contributed by atoms with Gasteiger partial charge in [0.2, 0.25) is 4.77 Å². The first-order valence-electron chi connectivity index (χ1n) is 6.14. The van der Waals surface area contributed by atoms with Crippen LogP contribution in [-0.2, 0) is 0 Å². The Morgan fingerprint density at radius 2 is 2.27 bits per heavy atom. The van der Waals surface area contributed by atoms with Crippen LogP contribution in [0, 0.1) is 14.9 Å². The van der Waals surface area contributed by atoms with Gasteiger partial charge in [-0.2, -0.15) is 14.9 Å². The average molecular weight is 315 g/mol. The number of furan rings is 1. The number of aromatic amines is 1. The predicted octanol–water partition coefficient (Wildman–Crippen LogP) is 2.99. The van der Waals surface area contributed by atoms with Gasteiger partial charge in [0.25, 0.3) is 5.69 Å². The molecule has 0 aliphatic rings. The molecule has 3 aromatic rings. The van der Waals surface area contributed by atoms with E-state index in [1.54, 1.807) is 24.3 Å². The van der Waals surface area contributed by atoms with Gasteiger partial charge >= 0.3 is 0 Å². The lowest BCUT2D eigenvalue weighted by Gasteiger charge is -1.96. The number of nitrogens with one attached hydrogen (secondary N) is 1. The van der Waals surface area contributed by atoms with Gasteiger partial charge in [0.15, 0.2) is 0 Å². The number of nitro benzene ring substituents is 1. The van der Waals surface area contributed by atoms with Gasteiger partial charge in [-0.05, 0) is 24.4 Å². The van der Waals surface area contributed by atoms with Crippen molar-refractivity contribution in [1.82, 2.24) is 14.9 Å². The van der Waals surface area contributed by atoms with Gasteiger partial charge in [-0.1, -0.05) is 12.1 Å². The van der Waals surface area contributed by atoms with Gasteiger partial charge in [0, 0.05) is 17.7 Å². The Kier molecular flexibility index (Phi) is 3.62. The summed E-state index contributed by atoms with van der Waals surface area (Å²) in [4.78, 5) is 10.3. The molecule has 1 aromatic carbocycles. The first-order valence-corrected chi connectivity index (χ1v) is 6.55. The highest BCUT2D eigenvalue weighted by Gasteiger charge is 2.09. The zero-order valence-corrected chi connectivity index (χ0v) is 11.9. The number of aromatic nitrogens is 3. The Morgan fingerprint density at radius 3 is 3.00 bits per heavy atom. The first kappa shape index (κ1) is 13.9. The summed E-state index contributed by atoms with van der Waals surface area (Å²) in [5.41, 5.74) is 0.627. The van der Waals surface area contributed by atoms with E-state index in [0.29, 0.717) is 21.9 Å². The van der Waals surface area contributed by atoms with Crippen LogP contribution >= 0.6 is 12.2 Å². The monoisotopic (exact) mass is 315 g/mol. The third kappa shape index (κ3) is 2.83. The highest BCUT2D eigenvalue weighted by atomic mass is 32.1. The predicted molar refractivity (Wildman–Crippen MR) is 81.2 cm³/mol. The van der Waals surface area contributed by atoms with Crippen LogP contribution in [0.15, 0.2) is 52.2 Å². The maximum absolute atomic E-state index is 10.8. The van der Waals surface area contributed by atoms with Crippen LogP contribution in [0.2, 0.25) is 0 Å². The smallest absolute Gasteiger partial charge is 0.270 e. The van der Waals surface area contributed by atoms with Crippen LogP contribution < -0.4 is 0 Å². The molecule has 2 aromatic heterocycles. The fraction of sp³-hybridized carbons (Fsp3) is 0. The topological polar surface area (TPSA) is 102 Å². The summed E-state index contributed by atoms with van der Waals surface area (Å²) >= 11 is 4.96. The summed E-state index contributed by atoms with van der Waals surface area (Å²) in [5, 5.41) is 21.2. The second kappa shape index (κ2) is 5.74. The molecule has 1 N–H and O–H groups in total. The van der Waals surface area contributed by atoms with Crippen LogP contribution in [-0.4, -0.2) is 26.0 Å². The molecule has 0 fully saturated rings. The van der Waals surface area contributed by atoms with E-state index in [2.05, 4.69) is 15.3 Å². The van der Waals surface area contributed by atoms with Crippen molar-refractivity contribution in [2.45, 2.75) is 0 Å². The van der Waals surface area contributed by atoms with Crippen LogP contribution in [0.3, 0.4) is 0 Å². The summed E-state index contributed by atoms with van der Waals surface area (Å²) in [6, 6.07) is 9.64. The number of hydrogen-bond acceptors (Lipinski definition) is 6. The van der Waals surface area contributed by atoms with E-state index in [0.717, 1.165) is 0 Å². The molecule has 0 aliphatic heterocycles. The quantitative estimate of drug-likeness (QED) is 0.345. The lowest BCUT2D eigenvalue weighted by molar-refractivity contribution is -0.384. The van der Waals surface area contributed by atoms with Gasteiger partial charge < -0.3 is 4.42 Å². The SMILES string of the molecule is O=[N+]([O-])c1cccc(-c2ccc(/C=N\n3cn[nH]c3=S)o2)c1. The highest BCUT2D eigenvalue weighted by molar-refractivity contribution is 7.71. The molecule has 2 heterocycles. The van der Waals surface area contributed by atoms with E-state index in [1.165, 1.54) is 29.4 Å². The number of benzene rings is 1. The molecule has 9 heteroatoms. The normalized spacial score (nSPS) is 11.1. The molecule has 0 spiro atoms. The number of non-ortho nitro benzene ring substituents is 1. The minimum Gasteiger partial charge on any atom is -0.455 e. The fourth-order valence-electron chi connectivity index (χ4n) is 1.79. The van der Waals surface area contributed by atoms with E-state index >= 15 is 0 Å². The van der Waals surface area contributed by atoms with Crippen LogP contribution in [0.25, 0.3) is 11.3 Å². The van der Waals surface area contributed by atoms with E-state index in [4.69, 9.17) is 16.6 Å². The fourth-order valence-corrected chi connectivity index (χ4v) is 1.94. The van der Waals surface area contributed by atoms with Gasteiger partial charge in [-0.15, -0.1) is 0 Å². The number of hydrogen-bond donors (Lipinski definition) is 1. The first-order chi connectivity index (χ1) is 10.6. The van der Waals surface area contributed by atoms with E-state index in [-0.39, 0.29) is 5.69 Å². The molecule has 110 valence electrons. The minimum atomic E-state index is -0.449. The van der Waals surface area contributed by atoms with Crippen LogP contribution in [0.1, 0.15) is 5.76 Å². The molecule has 0 saturated heterocycles. The van der Waals surface area contributed by atoms with Gasteiger partial charge in [0.1, 0.15) is 17.8 Å². The summed E-state index contributed by atoms with van der Waals surface area (Å²) < 4.78 is 7.34. The van der Waals surface area contributed by atoms with Crippen molar-refractivity contribution in [2.75, 3.05) is 0 Å². The maximum Gasteiger partial charge on any atom is 0.270 e. The third-order valence-corrected chi connectivity index (χ3v) is 3.09. The van der Waals surface area contributed by atoms with Crippen molar-refractivity contribution in [1.29, 1.82) is 0 Å². The lowest BCUT2D eigenvalue weighted by atomic mass is 10.1. The molecule has 0 bridgehead atoms. The summed E-state index contributed by atoms with van der Waals surface area (Å²) in [7, 11) is 0. The molecule has 0 unspecified atom stereocenters. The molecular formula is C13H9N5O3S. The molecule has 0 aliphatic carbocycles. The lowest BCUT2D eigenvalue weighted by Crippen LogP contribution is -1.88. The Morgan fingerprint density at radius 1 is 1.41 bits per heavy atom. The van der Waals surface area contributed by atoms with Crippen molar-refractivity contribution < 1.29 is 9.34 Å². The Labute approximate surface area is 128 Å². The number of rotatable bonds is 4. The average Bonchev–Trinajstić information content (AvgIpc) is 3.14. The van der Waals surface area contributed by atoms with Crippen molar-refractivity contribution >= 4 is 24.1 Å². The number of nitro groups is 1. The number of H-pyrrole nitrogens is 1. The van der Waals surface area contributed by atoms with Crippen LogP contribution in [0.4, 0.5) is 5.69 Å². The van der Waals surface area contributed by atoms with E-state index in [1.807, 2.05) is 0 Å². The molecule has 0 atom stereocenters. The molecule has 22 heavy (non-hydrogen) atoms. The summed E-state index contributed by atoms with van der Waals surface area (Å²) in [5.74, 6) is 1.01. The number of nitrogens with zero attached hydrogens (tertiary/aromatic N) is 4. The zero-order valence-electron chi connectivity index (χ0n) is 11.0. The largest absolute Gasteiger partial charge is 0.455 e. The van der Waals surface area contributed by atoms with Gasteiger partial charge in [-0.25, -0.2) is 0 Å². The standard InChI is InChI=1S/C13H9N5O3S/c19-18(20)10-3-1-2-9(6-10)12-5-4-11(21-12)7-15-17-8-14-16-13(17)22/h1-8H,(H,16,22)/b15-7-. The minimum absolute atomic E-state index is 0.00817. The van der Waals surface area contributed by atoms with Crippen molar-refractivity contribution in [3.63, 3.8) is 0 Å². The zero-order chi connectivity index (χ0) is 15.5. The second-order valence-corrected chi connectivity index (χ2v) is 4.65. The second-order valence-electron chi connectivity index (χ2n) is 4.26. The Balaban J connectivity index is 1.86. The maximum atomic E-state index is 10.8. The molecular weight excluding hydrogens is 306 g/mol. The van der Waals surface area contributed by atoms with Crippen molar-refractivity contribution in [3.8, 4) is 11.3 Å². The van der Waals surface area contributed by atoms with Gasteiger partial charge in [0.05, 0.1) is 11.1 Å². The molecule has 3 rings (SSSR count). The van der Waals surface area contributed by atoms with Crippen molar-refractivity contribution in [2.24, 2.45) is 5.10 Å².